The highest BCUT2D eigenvalue weighted by Gasteiger charge is 2.43. The maximum absolute atomic E-state index is 13.4. The summed E-state index contributed by atoms with van der Waals surface area (Å²) in [7, 11) is -0.446. The zero-order valence-electron chi connectivity index (χ0n) is 20.0. The van der Waals surface area contributed by atoms with Crippen LogP contribution in [0.25, 0.3) is 0 Å². The molecule has 2 atom stereocenters. The second kappa shape index (κ2) is 10.4. The summed E-state index contributed by atoms with van der Waals surface area (Å²) < 4.78 is 51.7. The number of nitrogens with one attached hydrogen (secondary N) is 1. The molecule has 3 aromatic rings. The van der Waals surface area contributed by atoms with Crippen LogP contribution in [0.4, 0.5) is 0 Å². The highest BCUT2D eigenvalue weighted by molar-refractivity contribution is 7.90. The number of sulfonamides is 1. The van der Waals surface area contributed by atoms with Gasteiger partial charge >= 0.3 is 0 Å². The summed E-state index contributed by atoms with van der Waals surface area (Å²) in [5.41, 5.74) is 2.53. The molecular formula is C26H28N2O7S. The summed E-state index contributed by atoms with van der Waals surface area (Å²) >= 11 is 0. The number of fused-ring (bicyclic) bond motifs is 1. The van der Waals surface area contributed by atoms with Crippen molar-refractivity contribution in [3.8, 4) is 23.0 Å². The molecule has 0 radical (unpaired) electrons. The monoisotopic (exact) mass is 512 g/mol. The maximum Gasteiger partial charge on any atom is 0.231 e. The van der Waals surface area contributed by atoms with Crippen LogP contribution in [-0.2, 0) is 28.0 Å². The Hall–Kier alpha value is -3.31. The molecule has 0 spiro atoms. The van der Waals surface area contributed by atoms with Crippen LogP contribution in [0.15, 0.2) is 66.7 Å². The van der Waals surface area contributed by atoms with Crippen LogP contribution in [0.3, 0.4) is 0 Å². The molecule has 2 aliphatic rings. The lowest BCUT2D eigenvalue weighted by Gasteiger charge is -2.24. The molecule has 1 fully saturated rings. The Morgan fingerprint density at radius 1 is 0.972 bits per heavy atom. The predicted octanol–water partition coefficient (Wildman–Crippen LogP) is 3.41. The van der Waals surface area contributed by atoms with Crippen molar-refractivity contribution in [2.75, 3.05) is 27.6 Å². The minimum Gasteiger partial charge on any atom is -0.493 e. The van der Waals surface area contributed by atoms with Gasteiger partial charge in [-0.3, -0.25) is 4.84 Å². The van der Waals surface area contributed by atoms with E-state index in [1.807, 2.05) is 48.5 Å². The number of methoxy groups -OCH3 is 1. The lowest BCUT2D eigenvalue weighted by Crippen LogP contribution is -2.39. The first-order valence-corrected chi connectivity index (χ1v) is 13.1. The SMILES string of the molecule is COc1ccc(C2C(S(=O)(=O)NCc3ccc4c(c3)OCO4)CON2C)cc1OCc1ccccc1. The van der Waals surface area contributed by atoms with Gasteiger partial charge in [0, 0.05) is 13.6 Å². The molecular weight excluding hydrogens is 484 g/mol. The number of ether oxygens (including phenoxy) is 4. The second-order valence-corrected chi connectivity index (χ2v) is 10.5. The van der Waals surface area contributed by atoms with E-state index in [-0.39, 0.29) is 19.9 Å². The van der Waals surface area contributed by atoms with Gasteiger partial charge in [-0.15, -0.1) is 0 Å². The number of hydroxylamine groups is 2. The molecule has 1 saturated heterocycles. The van der Waals surface area contributed by atoms with E-state index >= 15 is 0 Å². The molecule has 1 N–H and O–H groups in total. The number of hydrogen-bond acceptors (Lipinski definition) is 8. The molecule has 2 heterocycles. The quantitative estimate of drug-likeness (QED) is 0.466. The Labute approximate surface area is 210 Å². The van der Waals surface area contributed by atoms with E-state index in [1.165, 1.54) is 0 Å². The first-order valence-electron chi connectivity index (χ1n) is 11.5. The molecule has 2 aliphatic heterocycles. The van der Waals surface area contributed by atoms with Gasteiger partial charge in [0.25, 0.3) is 0 Å². The molecule has 3 aromatic carbocycles. The number of rotatable bonds is 9. The third-order valence-corrected chi connectivity index (χ3v) is 8.00. The van der Waals surface area contributed by atoms with Gasteiger partial charge in [-0.2, -0.15) is 5.06 Å². The summed E-state index contributed by atoms with van der Waals surface area (Å²) in [4.78, 5) is 5.66. The molecule has 5 rings (SSSR count). The molecule has 0 bridgehead atoms. The summed E-state index contributed by atoms with van der Waals surface area (Å²) in [5, 5.41) is 0.750. The van der Waals surface area contributed by atoms with Crippen molar-refractivity contribution in [1.82, 2.24) is 9.79 Å². The van der Waals surface area contributed by atoms with Gasteiger partial charge in [-0.05, 0) is 41.0 Å². The first kappa shape index (κ1) is 24.4. The van der Waals surface area contributed by atoms with E-state index in [2.05, 4.69) is 4.72 Å². The van der Waals surface area contributed by atoms with Gasteiger partial charge in [-0.25, -0.2) is 13.1 Å². The third-order valence-electron chi connectivity index (χ3n) is 6.27. The van der Waals surface area contributed by atoms with Crippen molar-refractivity contribution in [2.45, 2.75) is 24.4 Å². The number of hydrogen-bond donors (Lipinski definition) is 1. The third kappa shape index (κ3) is 5.12. The fraction of sp³-hybridized carbons (Fsp3) is 0.308. The van der Waals surface area contributed by atoms with Crippen molar-refractivity contribution >= 4 is 10.0 Å². The molecule has 0 amide bonds. The topological polar surface area (TPSA) is 95.6 Å². The summed E-state index contributed by atoms with van der Waals surface area (Å²) in [6, 6.07) is 20.1. The van der Waals surface area contributed by atoms with Crippen molar-refractivity contribution < 1.29 is 32.2 Å². The normalized spacial score (nSPS) is 19.4. The molecule has 2 unspecified atom stereocenters. The molecule has 9 nitrogen and oxygen atoms in total. The van der Waals surface area contributed by atoms with Crippen molar-refractivity contribution in [3.63, 3.8) is 0 Å². The van der Waals surface area contributed by atoms with E-state index in [1.54, 1.807) is 37.4 Å². The van der Waals surface area contributed by atoms with Crippen LogP contribution < -0.4 is 23.7 Å². The van der Waals surface area contributed by atoms with Crippen LogP contribution >= 0.6 is 0 Å². The van der Waals surface area contributed by atoms with Crippen LogP contribution in [0.1, 0.15) is 22.7 Å². The average Bonchev–Trinajstić information content (AvgIpc) is 3.53. The van der Waals surface area contributed by atoms with Gasteiger partial charge < -0.3 is 18.9 Å². The number of nitrogens with zero attached hydrogens (tertiary/aromatic N) is 1. The minimum atomic E-state index is -3.75. The Balaban J connectivity index is 1.34. The molecule has 0 saturated carbocycles. The Bertz CT molecular complexity index is 1320. The van der Waals surface area contributed by atoms with Crippen molar-refractivity contribution in [3.05, 3.63) is 83.4 Å². The maximum atomic E-state index is 13.4. The zero-order chi connectivity index (χ0) is 25.1. The molecule has 0 aliphatic carbocycles. The van der Waals surface area contributed by atoms with E-state index in [9.17, 15) is 8.42 Å². The second-order valence-electron chi connectivity index (χ2n) is 8.56. The number of benzene rings is 3. The fourth-order valence-corrected chi connectivity index (χ4v) is 5.84. The van der Waals surface area contributed by atoms with Crippen LogP contribution in [0, 0.1) is 0 Å². The van der Waals surface area contributed by atoms with Gasteiger partial charge in [0.05, 0.1) is 19.8 Å². The van der Waals surface area contributed by atoms with Gasteiger partial charge in [-0.1, -0.05) is 42.5 Å². The molecule has 190 valence electrons. The highest BCUT2D eigenvalue weighted by atomic mass is 32.2. The van der Waals surface area contributed by atoms with Crippen LogP contribution in [0.5, 0.6) is 23.0 Å². The lowest BCUT2D eigenvalue weighted by atomic mass is 10.0. The first-order chi connectivity index (χ1) is 17.4. The highest BCUT2D eigenvalue weighted by Crippen LogP contribution is 2.38. The van der Waals surface area contributed by atoms with E-state index in [0.717, 1.165) is 16.7 Å². The van der Waals surface area contributed by atoms with Gasteiger partial charge in [0.2, 0.25) is 16.8 Å². The fourth-order valence-electron chi connectivity index (χ4n) is 4.35. The molecule has 36 heavy (non-hydrogen) atoms. The summed E-state index contributed by atoms with van der Waals surface area (Å²) in [5.74, 6) is 2.35. The summed E-state index contributed by atoms with van der Waals surface area (Å²) in [6.07, 6.45) is 0. The van der Waals surface area contributed by atoms with Crippen molar-refractivity contribution in [1.29, 1.82) is 0 Å². The molecule has 10 heteroatoms. The van der Waals surface area contributed by atoms with E-state index in [4.69, 9.17) is 23.8 Å². The van der Waals surface area contributed by atoms with Gasteiger partial charge in [0.15, 0.2) is 23.0 Å². The summed E-state index contributed by atoms with van der Waals surface area (Å²) in [6.45, 7) is 0.678. The van der Waals surface area contributed by atoms with E-state index < -0.39 is 21.3 Å². The van der Waals surface area contributed by atoms with Crippen LogP contribution in [0.2, 0.25) is 0 Å². The lowest BCUT2D eigenvalue weighted by molar-refractivity contribution is -0.110. The minimum absolute atomic E-state index is 0.0316. The van der Waals surface area contributed by atoms with Crippen molar-refractivity contribution in [2.24, 2.45) is 0 Å². The standard InChI is InChI=1S/C26H28N2O7S/c1-28-26(20-9-11-21(31-2)24(13-20)32-15-18-6-4-3-5-7-18)25(16-35-28)36(29,30)27-14-19-8-10-22-23(12-19)34-17-33-22/h3-13,25-27H,14-17H2,1-2H3. The largest absolute Gasteiger partial charge is 0.493 e. The van der Waals surface area contributed by atoms with Gasteiger partial charge in [0.1, 0.15) is 11.9 Å². The zero-order valence-corrected chi connectivity index (χ0v) is 20.9. The average molecular weight is 513 g/mol. The Morgan fingerprint density at radius 3 is 2.58 bits per heavy atom. The van der Waals surface area contributed by atoms with Crippen LogP contribution in [-0.4, -0.2) is 46.3 Å². The smallest absolute Gasteiger partial charge is 0.231 e. The molecule has 0 aromatic heterocycles. The Morgan fingerprint density at radius 2 is 1.78 bits per heavy atom. The Kier molecular flexibility index (Phi) is 7.01. The predicted molar refractivity (Wildman–Crippen MR) is 132 cm³/mol. The van der Waals surface area contributed by atoms with E-state index in [0.29, 0.717) is 29.6 Å².